The van der Waals surface area contributed by atoms with Crippen LogP contribution in [0.3, 0.4) is 0 Å². The van der Waals surface area contributed by atoms with Gasteiger partial charge in [0.1, 0.15) is 0 Å². The fourth-order valence-corrected chi connectivity index (χ4v) is 0. The Morgan fingerprint density at radius 1 is 0.875 bits per heavy atom. The molecule has 6 heteroatoms. The summed E-state index contributed by atoms with van der Waals surface area (Å²) in [6, 6.07) is 0. The van der Waals surface area contributed by atoms with Crippen LogP contribution in [0.2, 0.25) is 0 Å². The van der Waals surface area contributed by atoms with Crippen molar-refractivity contribution in [1.29, 1.82) is 0 Å². The molecule has 0 unspecified atom stereocenters. The highest BCUT2D eigenvalue weighted by Gasteiger charge is 1.86. The van der Waals surface area contributed by atoms with Crippen LogP contribution in [0.1, 0.15) is 0 Å². The summed E-state index contributed by atoms with van der Waals surface area (Å²) in [6.45, 7) is -3.67. The average Bonchev–Trinajstić information content (AvgIpc) is 1.25. The normalized spacial score (nSPS) is 9.00. The zero-order valence-electron chi connectivity index (χ0n) is 3.42. The zero-order valence-corrected chi connectivity index (χ0v) is 4.18. The molecule has 0 rings (SSSR count). The van der Waals surface area contributed by atoms with Gasteiger partial charge in [0, 0.05) is 0 Å². The molecule has 0 aliphatic heterocycles. The lowest BCUT2D eigenvalue weighted by molar-refractivity contribution is 0.00819. The monoisotopic (exact) mass is 156 g/mol. The van der Waals surface area contributed by atoms with Gasteiger partial charge in [0.05, 0.1) is 0 Å². The van der Waals surface area contributed by atoms with E-state index in [1.54, 1.807) is 0 Å². The fraction of sp³-hybridized carbons (Fsp3) is 1.00. The Kier molecular flexibility index (Phi) is 9.40. The molecule has 0 aromatic carbocycles. The summed E-state index contributed by atoms with van der Waals surface area (Å²) in [6.07, 6.45) is 0. The Morgan fingerprint density at radius 3 is 0.875 bits per heavy atom. The van der Waals surface area contributed by atoms with Crippen LogP contribution in [-0.2, 0) is 0 Å². The molecule has 0 atom stereocenters. The Bertz CT molecular complexity index is 25.9. The summed E-state index contributed by atoms with van der Waals surface area (Å²) in [4.78, 5) is 0. The lowest BCUT2D eigenvalue weighted by Crippen LogP contribution is -1.65. The average molecular weight is 156 g/mol. The lowest BCUT2D eigenvalue weighted by atomic mass is 11.6. The van der Waals surface area contributed by atoms with E-state index in [1.165, 1.54) is 0 Å². The number of alkyl halides is 6. The first kappa shape index (κ1) is 10.8. The topological polar surface area (TPSA) is 0 Å². The molecule has 0 spiro atoms. The van der Waals surface area contributed by atoms with Crippen molar-refractivity contribution in [3.8, 4) is 0 Å². The molecule has 0 aliphatic rings. The second kappa shape index (κ2) is 6.94. The maximum Gasteiger partial charge on any atom is 0.379 e. The minimum Gasteiger partial charge on any atom is -0.192 e. The summed E-state index contributed by atoms with van der Waals surface area (Å²) < 4.78 is 49.2. The lowest BCUT2D eigenvalue weighted by Gasteiger charge is -1.66. The van der Waals surface area contributed by atoms with Crippen LogP contribution in [-0.4, -0.2) is 12.6 Å². The Hall–Kier alpha value is -0.0600. The Labute approximate surface area is 47.2 Å². The number of halogens is 6. The third-order valence-corrected chi connectivity index (χ3v) is 0. The van der Waals surface area contributed by atoms with Crippen molar-refractivity contribution >= 4 is 11.6 Å². The van der Waals surface area contributed by atoms with E-state index in [2.05, 4.69) is 11.6 Å². The van der Waals surface area contributed by atoms with Gasteiger partial charge in [0.15, 0.2) is 0 Å². The molecule has 0 aromatic rings. The third-order valence-electron chi connectivity index (χ3n) is 0. The first-order valence-corrected chi connectivity index (χ1v) is 1.75. The van der Waals surface area contributed by atoms with Crippen molar-refractivity contribution < 1.29 is 22.0 Å². The van der Waals surface area contributed by atoms with Gasteiger partial charge in [0.2, 0.25) is 0 Å². The van der Waals surface area contributed by atoms with Gasteiger partial charge in [0.25, 0.3) is 0 Å². The maximum absolute atomic E-state index is 10.1. The van der Waals surface area contributed by atoms with Crippen molar-refractivity contribution in [2.45, 2.75) is 12.6 Å². The second-order valence-corrected chi connectivity index (χ2v) is 0.825. The predicted molar refractivity (Wildman–Crippen MR) is 19.0 cm³/mol. The van der Waals surface area contributed by atoms with Crippen LogP contribution >= 0.6 is 11.6 Å². The van der Waals surface area contributed by atoms with Gasteiger partial charge in [-0.15, -0.1) is 0 Å². The van der Waals surface area contributed by atoms with Crippen molar-refractivity contribution in [1.82, 2.24) is 0 Å². The number of rotatable bonds is 0. The zero-order chi connectivity index (χ0) is 7.15. The molecule has 0 saturated heterocycles. The summed E-state index contributed by atoms with van der Waals surface area (Å²) in [5.74, 6) is -2.69. The molecule has 52 valence electrons. The molecule has 0 amide bonds. The van der Waals surface area contributed by atoms with E-state index in [-0.39, 0.29) is 0 Å². The molecular weight excluding hydrogens is 154 g/mol. The van der Waals surface area contributed by atoms with E-state index in [0.29, 0.717) is 0 Å². The van der Waals surface area contributed by atoms with Crippen molar-refractivity contribution in [2.24, 2.45) is 0 Å². The van der Waals surface area contributed by atoms with E-state index in [0.717, 1.165) is 0 Å². The standard InChI is InChI=1S/CHClF2.CHF3/c2*2-1(3)4/h2*1H. The summed E-state index contributed by atoms with van der Waals surface area (Å²) >= 11 is 3.94. The smallest absolute Gasteiger partial charge is 0.192 e. The quantitative estimate of drug-likeness (QED) is 0.374. The predicted octanol–water partition coefficient (Wildman–Crippen LogP) is 2.63. The van der Waals surface area contributed by atoms with Crippen LogP contribution in [0, 0.1) is 0 Å². The molecule has 0 bridgehead atoms. The van der Waals surface area contributed by atoms with E-state index in [1.807, 2.05) is 0 Å². The molecule has 0 saturated carbocycles. The second-order valence-electron chi connectivity index (χ2n) is 0.495. The molecule has 0 aliphatic carbocycles. The van der Waals surface area contributed by atoms with Crippen molar-refractivity contribution in [3.63, 3.8) is 0 Å². The number of hydrogen-bond donors (Lipinski definition) is 0. The fourth-order valence-electron chi connectivity index (χ4n) is 0. The van der Waals surface area contributed by atoms with Gasteiger partial charge in [-0.05, 0) is 0 Å². The highest BCUT2D eigenvalue weighted by molar-refractivity contribution is 6.18. The van der Waals surface area contributed by atoms with Gasteiger partial charge >= 0.3 is 12.6 Å². The minimum atomic E-state index is -3.67. The third kappa shape index (κ3) is 40300. The van der Waals surface area contributed by atoms with Gasteiger partial charge in [-0.3, -0.25) is 0 Å². The van der Waals surface area contributed by atoms with Crippen LogP contribution in [0.5, 0.6) is 0 Å². The van der Waals surface area contributed by atoms with Crippen LogP contribution in [0.25, 0.3) is 0 Å². The summed E-state index contributed by atoms with van der Waals surface area (Å²) in [7, 11) is 0. The SMILES string of the molecule is FC(F)Cl.FC(F)F. The van der Waals surface area contributed by atoms with Gasteiger partial charge < -0.3 is 0 Å². The minimum absolute atomic E-state index is 2.69. The largest absolute Gasteiger partial charge is 0.379 e. The first-order valence-electron chi connectivity index (χ1n) is 1.31. The van der Waals surface area contributed by atoms with Gasteiger partial charge in [-0.2, -0.15) is 22.0 Å². The molecule has 0 heterocycles. The van der Waals surface area contributed by atoms with Gasteiger partial charge in [-0.1, -0.05) is 11.6 Å². The summed E-state index contributed by atoms with van der Waals surface area (Å²) in [5.41, 5.74) is 0. The first-order chi connectivity index (χ1) is 3.46. The Balaban J connectivity index is 0. The van der Waals surface area contributed by atoms with Crippen molar-refractivity contribution in [2.75, 3.05) is 0 Å². The molecule has 0 radical (unpaired) electrons. The molecule has 0 aromatic heterocycles. The summed E-state index contributed by atoms with van der Waals surface area (Å²) in [5, 5.41) is 0. The molecule has 0 fully saturated rings. The van der Waals surface area contributed by atoms with Crippen LogP contribution < -0.4 is 0 Å². The van der Waals surface area contributed by atoms with Crippen molar-refractivity contribution in [3.05, 3.63) is 0 Å². The highest BCUT2D eigenvalue weighted by atomic mass is 35.5. The molecular formula is C2H2ClF5. The molecule has 0 N–H and O–H groups in total. The van der Waals surface area contributed by atoms with E-state index in [9.17, 15) is 22.0 Å². The van der Waals surface area contributed by atoms with Gasteiger partial charge in [-0.25, -0.2) is 0 Å². The number of hydrogen-bond acceptors (Lipinski definition) is 0. The highest BCUT2D eigenvalue weighted by Crippen LogP contribution is 1.93. The Morgan fingerprint density at radius 2 is 0.875 bits per heavy atom. The molecule has 8 heavy (non-hydrogen) atoms. The molecule has 0 nitrogen and oxygen atoms in total. The van der Waals surface area contributed by atoms with Crippen LogP contribution in [0.4, 0.5) is 22.0 Å². The van der Waals surface area contributed by atoms with Crippen LogP contribution in [0.15, 0.2) is 0 Å². The van der Waals surface area contributed by atoms with E-state index in [4.69, 9.17) is 0 Å². The maximum atomic E-state index is 10.1. The van der Waals surface area contributed by atoms with E-state index >= 15 is 0 Å². The van der Waals surface area contributed by atoms with E-state index < -0.39 is 12.6 Å².